The van der Waals surface area contributed by atoms with Crippen molar-refractivity contribution in [3.05, 3.63) is 0 Å². The number of hydrogen-bond donors (Lipinski definition) is 7. The molecule has 0 saturated carbocycles. The van der Waals surface area contributed by atoms with Crippen LogP contribution in [0.15, 0.2) is 0 Å². The first-order chi connectivity index (χ1) is 15.4. The standard InChI is InChI=1S/C20H33N5O8/c1-10(2)16(19(31)24-13(20(32)33)5-7-14(21)26)25-18(30)12(6-8-15(27)28)23-17(29)11-4-3-9-22-11/h10-13,16,22H,3-9H2,1-2H3,(H2,21,26)(H,23,29)(H,24,31)(H,25,30)(H,27,28)(H,32,33). The summed E-state index contributed by atoms with van der Waals surface area (Å²) in [6.45, 7) is 3.90. The van der Waals surface area contributed by atoms with Crippen LogP contribution in [0.3, 0.4) is 0 Å². The maximum Gasteiger partial charge on any atom is 0.326 e. The topological polar surface area (TPSA) is 217 Å². The molecule has 186 valence electrons. The Morgan fingerprint density at radius 3 is 2.06 bits per heavy atom. The number of carbonyl (C=O) groups excluding carboxylic acids is 4. The minimum atomic E-state index is -1.39. The Hall–Kier alpha value is -3.22. The number of rotatable bonds is 14. The summed E-state index contributed by atoms with van der Waals surface area (Å²) in [7, 11) is 0. The molecule has 4 unspecified atom stereocenters. The van der Waals surface area contributed by atoms with E-state index in [0.717, 1.165) is 6.42 Å². The number of amides is 4. The Morgan fingerprint density at radius 2 is 1.58 bits per heavy atom. The van der Waals surface area contributed by atoms with Crippen LogP contribution < -0.4 is 27.0 Å². The molecule has 4 atom stereocenters. The molecule has 0 aromatic carbocycles. The van der Waals surface area contributed by atoms with Crippen molar-refractivity contribution in [3.63, 3.8) is 0 Å². The Labute approximate surface area is 191 Å². The summed E-state index contributed by atoms with van der Waals surface area (Å²) in [6.07, 6.45) is 0.319. The van der Waals surface area contributed by atoms with Gasteiger partial charge < -0.3 is 37.2 Å². The lowest BCUT2D eigenvalue weighted by molar-refractivity contribution is -0.143. The molecule has 13 nitrogen and oxygen atoms in total. The molecule has 1 heterocycles. The molecule has 1 aliphatic heterocycles. The van der Waals surface area contributed by atoms with E-state index in [1.165, 1.54) is 0 Å². The first kappa shape index (κ1) is 27.8. The molecule has 0 radical (unpaired) electrons. The highest BCUT2D eigenvalue weighted by Gasteiger charge is 2.33. The van der Waals surface area contributed by atoms with E-state index in [0.29, 0.717) is 13.0 Å². The van der Waals surface area contributed by atoms with E-state index in [4.69, 9.17) is 10.8 Å². The molecule has 1 aliphatic rings. The van der Waals surface area contributed by atoms with Crippen molar-refractivity contribution in [1.82, 2.24) is 21.3 Å². The van der Waals surface area contributed by atoms with E-state index < -0.39 is 65.7 Å². The molecular formula is C20H33N5O8. The van der Waals surface area contributed by atoms with Crippen molar-refractivity contribution in [3.8, 4) is 0 Å². The van der Waals surface area contributed by atoms with Gasteiger partial charge in [-0.05, 0) is 38.1 Å². The molecular weight excluding hydrogens is 438 g/mol. The molecule has 4 amide bonds. The predicted molar refractivity (Wildman–Crippen MR) is 115 cm³/mol. The number of primary amides is 1. The zero-order valence-electron chi connectivity index (χ0n) is 18.8. The van der Waals surface area contributed by atoms with E-state index in [1.54, 1.807) is 13.8 Å². The van der Waals surface area contributed by atoms with Crippen molar-refractivity contribution in [2.45, 2.75) is 76.5 Å². The van der Waals surface area contributed by atoms with Crippen LogP contribution >= 0.6 is 0 Å². The van der Waals surface area contributed by atoms with Gasteiger partial charge in [-0.3, -0.25) is 24.0 Å². The van der Waals surface area contributed by atoms with Crippen molar-refractivity contribution < 1.29 is 39.0 Å². The second-order valence-corrected chi connectivity index (χ2v) is 8.28. The van der Waals surface area contributed by atoms with Crippen molar-refractivity contribution in [1.29, 1.82) is 0 Å². The Morgan fingerprint density at radius 1 is 0.939 bits per heavy atom. The third-order valence-corrected chi connectivity index (χ3v) is 5.20. The summed E-state index contributed by atoms with van der Waals surface area (Å²) in [4.78, 5) is 71.3. The molecule has 33 heavy (non-hydrogen) atoms. The highest BCUT2D eigenvalue weighted by Crippen LogP contribution is 2.09. The van der Waals surface area contributed by atoms with Crippen LogP contribution in [0.2, 0.25) is 0 Å². The highest BCUT2D eigenvalue weighted by atomic mass is 16.4. The highest BCUT2D eigenvalue weighted by molar-refractivity contribution is 5.94. The molecule has 0 aromatic heterocycles. The van der Waals surface area contributed by atoms with Crippen LogP contribution in [0, 0.1) is 5.92 Å². The van der Waals surface area contributed by atoms with Crippen molar-refractivity contribution >= 4 is 35.6 Å². The summed E-state index contributed by atoms with van der Waals surface area (Å²) < 4.78 is 0. The summed E-state index contributed by atoms with van der Waals surface area (Å²) >= 11 is 0. The fourth-order valence-electron chi connectivity index (χ4n) is 3.31. The first-order valence-electron chi connectivity index (χ1n) is 10.8. The van der Waals surface area contributed by atoms with Gasteiger partial charge in [0.1, 0.15) is 18.1 Å². The maximum atomic E-state index is 12.9. The summed E-state index contributed by atoms with van der Waals surface area (Å²) in [5, 5.41) is 28.5. The Kier molecular flexibility index (Phi) is 11.3. The van der Waals surface area contributed by atoms with Crippen LogP contribution in [0.4, 0.5) is 0 Å². The zero-order valence-corrected chi connectivity index (χ0v) is 18.8. The minimum Gasteiger partial charge on any atom is -0.481 e. The molecule has 0 aliphatic carbocycles. The van der Waals surface area contributed by atoms with Gasteiger partial charge in [0.2, 0.25) is 23.6 Å². The number of carboxylic acids is 2. The molecule has 1 saturated heterocycles. The summed E-state index contributed by atoms with van der Waals surface area (Å²) in [5.74, 6) is -5.71. The van der Waals surface area contributed by atoms with E-state index >= 15 is 0 Å². The number of hydrogen-bond acceptors (Lipinski definition) is 7. The quantitative estimate of drug-likeness (QED) is 0.150. The summed E-state index contributed by atoms with van der Waals surface area (Å²) in [5.41, 5.74) is 5.03. The monoisotopic (exact) mass is 471 g/mol. The van der Waals surface area contributed by atoms with E-state index in [1.807, 2.05) is 0 Å². The van der Waals surface area contributed by atoms with Crippen LogP contribution in [0.5, 0.6) is 0 Å². The van der Waals surface area contributed by atoms with Gasteiger partial charge in [-0.1, -0.05) is 13.8 Å². The van der Waals surface area contributed by atoms with E-state index in [2.05, 4.69) is 21.3 Å². The number of carbonyl (C=O) groups is 6. The van der Waals surface area contributed by atoms with Crippen molar-refractivity contribution in [2.24, 2.45) is 11.7 Å². The van der Waals surface area contributed by atoms with E-state index in [-0.39, 0.29) is 25.7 Å². The average molecular weight is 472 g/mol. The second kappa shape index (κ2) is 13.4. The number of carboxylic acid groups (broad SMARTS) is 2. The minimum absolute atomic E-state index is 0.192. The largest absolute Gasteiger partial charge is 0.481 e. The van der Waals surface area contributed by atoms with Gasteiger partial charge in [0.05, 0.1) is 6.04 Å². The van der Waals surface area contributed by atoms with Crippen LogP contribution in [-0.4, -0.2) is 76.5 Å². The SMILES string of the molecule is CC(C)C(NC(=O)C(CCC(=O)O)NC(=O)C1CCCN1)C(=O)NC(CCC(N)=O)C(=O)O. The Bertz CT molecular complexity index is 751. The van der Waals surface area contributed by atoms with Gasteiger partial charge in [-0.2, -0.15) is 0 Å². The number of nitrogens with one attached hydrogen (secondary N) is 4. The smallest absolute Gasteiger partial charge is 0.326 e. The van der Waals surface area contributed by atoms with E-state index in [9.17, 15) is 33.9 Å². The third-order valence-electron chi connectivity index (χ3n) is 5.20. The molecule has 8 N–H and O–H groups in total. The molecule has 1 rings (SSSR count). The van der Waals surface area contributed by atoms with Gasteiger partial charge >= 0.3 is 11.9 Å². The zero-order chi connectivity index (χ0) is 25.1. The number of nitrogens with two attached hydrogens (primary N) is 1. The fraction of sp³-hybridized carbons (Fsp3) is 0.700. The predicted octanol–water partition coefficient (Wildman–Crippen LogP) is -1.94. The molecule has 0 aromatic rings. The van der Waals surface area contributed by atoms with Crippen LogP contribution in [0.25, 0.3) is 0 Å². The number of aliphatic carboxylic acids is 2. The average Bonchev–Trinajstić information content (AvgIpc) is 3.26. The lowest BCUT2D eigenvalue weighted by atomic mass is 10.0. The van der Waals surface area contributed by atoms with Crippen LogP contribution in [0.1, 0.15) is 52.4 Å². The Balaban J connectivity index is 2.89. The van der Waals surface area contributed by atoms with Gasteiger partial charge in [-0.25, -0.2) is 4.79 Å². The molecule has 1 fully saturated rings. The lowest BCUT2D eigenvalue weighted by Crippen LogP contribution is -2.58. The molecule has 13 heteroatoms. The second-order valence-electron chi connectivity index (χ2n) is 8.28. The van der Waals surface area contributed by atoms with Gasteiger partial charge in [0.25, 0.3) is 0 Å². The first-order valence-corrected chi connectivity index (χ1v) is 10.8. The van der Waals surface area contributed by atoms with Gasteiger partial charge in [0, 0.05) is 12.8 Å². The fourth-order valence-corrected chi connectivity index (χ4v) is 3.31. The normalized spacial score (nSPS) is 18.1. The van der Waals surface area contributed by atoms with Crippen molar-refractivity contribution in [2.75, 3.05) is 6.54 Å². The summed E-state index contributed by atoms with van der Waals surface area (Å²) in [6, 6.07) is -4.24. The lowest BCUT2D eigenvalue weighted by Gasteiger charge is -2.27. The third kappa shape index (κ3) is 9.85. The molecule has 0 bridgehead atoms. The molecule has 0 spiro atoms. The maximum absolute atomic E-state index is 12.9. The van der Waals surface area contributed by atoms with Gasteiger partial charge in [-0.15, -0.1) is 0 Å². The van der Waals surface area contributed by atoms with Gasteiger partial charge in [0.15, 0.2) is 0 Å². The van der Waals surface area contributed by atoms with Crippen LogP contribution in [-0.2, 0) is 28.8 Å².